The van der Waals surface area contributed by atoms with Gasteiger partial charge in [0.05, 0.1) is 11.9 Å². The quantitative estimate of drug-likeness (QED) is 0.783. The molecular weight excluding hydrogens is 215 g/mol. The van der Waals surface area contributed by atoms with Crippen molar-refractivity contribution in [2.45, 2.75) is 6.42 Å². The van der Waals surface area contributed by atoms with Gasteiger partial charge >= 0.3 is 0 Å². The fourth-order valence-electron chi connectivity index (χ4n) is 1.44. The SMILES string of the molecule is O=C(Nc1ccc(F)nc1)C1CCSC1. The second kappa shape index (κ2) is 4.61. The Balaban J connectivity index is 1.96. The Morgan fingerprint density at radius 1 is 1.60 bits per heavy atom. The van der Waals surface area contributed by atoms with Crippen LogP contribution in [0.2, 0.25) is 0 Å². The van der Waals surface area contributed by atoms with Gasteiger partial charge < -0.3 is 5.32 Å². The van der Waals surface area contributed by atoms with Gasteiger partial charge in [-0.3, -0.25) is 4.79 Å². The van der Waals surface area contributed by atoms with E-state index in [0.717, 1.165) is 17.9 Å². The van der Waals surface area contributed by atoms with Crippen LogP contribution in [0.15, 0.2) is 18.3 Å². The Morgan fingerprint density at radius 2 is 2.47 bits per heavy atom. The second-order valence-electron chi connectivity index (χ2n) is 3.42. The molecule has 1 aromatic rings. The molecule has 1 aliphatic rings. The zero-order valence-electron chi connectivity index (χ0n) is 8.07. The van der Waals surface area contributed by atoms with Gasteiger partial charge in [-0.1, -0.05) is 0 Å². The number of carbonyl (C=O) groups excluding carboxylic acids is 1. The molecule has 2 heterocycles. The average Bonchev–Trinajstić information content (AvgIpc) is 2.74. The fourth-order valence-corrected chi connectivity index (χ4v) is 2.66. The van der Waals surface area contributed by atoms with Crippen LogP contribution in [-0.2, 0) is 4.79 Å². The van der Waals surface area contributed by atoms with Crippen molar-refractivity contribution in [2.24, 2.45) is 5.92 Å². The van der Waals surface area contributed by atoms with Crippen molar-refractivity contribution in [2.75, 3.05) is 16.8 Å². The summed E-state index contributed by atoms with van der Waals surface area (Å²) in [6.07, 6.45) is 2.25. The molecule has 1 N–H and O–H groups in total. The lowest BCUT2D eigenvalue weighted by Crippen LogP contribution is -2.22. The molecule has 1 amide bonds. The van der Waals surface area contributed by atoms with E-state index in [2.05, 4.69) is 10.3 Å². The van der Waals surface area contributed by atoms with Crippen LogP contribution in [0.4, 0.5) is 10.1 Å². The molecule has 1 unspecified atom stereocenters. The number of pyridine rings is 1. The Hall–Kier alpha value is -1.10. The van der Waals surface area contributed by atoms with Crippen LogP contribution in [0.25, 0.3) is 0 Å². The lowest BCUT2D eigenvalue weighted by molar-refractivity contribution is -0.119. The molecule has 80 valence electrons. The standard InChI is InChI=1S/C10H11FN2OS/c11-9-2-1-8(5-12-9)13-10(14)7-3-4-15-6-7/h1-2,5,7H,3-4,6H2,(H,13,14). The minimum absolute atomic E-state index is 0.00779. The maximum absolute atomic E-state index is 12.5. The Labute approximate surface area is 91.5 Å². The first-order valence-corrected chi connectivity index (χ1v) is 5.91. The Morgan fingerprint density at radius 3 is 3.07 bits per heavy atom. The van der Waals surface area contributed by atoms with E-state index in [1.807, 2.05) is 0 Å². The highest BCUT2D eigenvalue weighted by Crippen LogP contribution is 2.24. The topological polar surface area (TPSA) is 42.0 Å². The smallest absolute Gasteiger partial charge is 0.228 e. The van der Waals surface area contributed by atoms with Gasteiger partial charge in [0.2, 0.25) is 11.9 Å². The van der Waals surface area contributed by atoms with Crippen molar-refractivity contribution in [3.8, 4) is 0 Å². The molecule has 0 aliphatic carbocycles. The molecule has 1 saturated heterocycles. The lowest BCUT2D eigenvalue weighted by Gasteiger charge is -2.08. The summed E-state index contributed by atoms with van der Waals surface area (Å²) in [6.45, 7) is 0. The van der Waals surface area contributed by atoms with Crippen LogP contribution < -0.4 is 5.32 Å². The van der Waals surface area contributed by atoms with Gasteiger partial charge in [-0.15, -0.1) is 0 Å². The van der Waals surface area contributed by atoms with Crippen molar-refractivity contribution in [1.82, 2.24) is 4.98 Å². The number of rotatable bonds is 2. The van der Waals surface area contributed by atoms with Crippen LogP contribution in [0.1, 0.15) is 6.42 Å². The number of hydrogen-bond donors (Lipinski definition) is 1. The van der Waals surface area contributed by atoms with Crippen LogP contribution in [0.3, 0.4) is 0 Å². The predicted molar refractivity (Wildman–Crippen MR) is 58.3 cm³/mol. The molecule has 5 heteroatoms. The van der Waals surface area contributed by atoms with Gasteiger partial charge in [-0.25, -0.2) is 4.98 Å². The van der Waals surface area contributed by atoms with Gasteiger partial charge in [-0.05, 0) is 24.3 Å². The first-order chi connectivity index (χ1) is 7.25. The number of amides is 1. The first kappa shape index (κ1) is 10.4. The highest BCUT2D eigenvalue weighted by Gasteiger charge is 2.23. The number of thioether (sulfide) groups is 1. The molecule has 1 fully saturated rings. The van der Waals surface area contributed by atoms with E-state index in [9.17, 15) is 9.18 Å². The largest absolute Gasteiger partial charge is 0.324 e. The number of nitrogens with zero attached hydrogens (tertiary/aromatic N) is 1. The number of aromatic nitrogens is 1. The molecular formula is C10H11FN2OS. The summed E-state index contributed by atoms with van der Waals surface area (Å²) in [5, 5.41) is 2.73. The number of nitrogens with one attached hydrogen (secondary N) is 1. The predicted octanol–water partition coefficient (Wildman–Crippen LogP) is 1.91. The zero-order chi connectivity index (χ0) is 10.7. The number of hydrogen-bond acceptors (Lipinski definition) is 3. The Kier molecular flexibility index (Phi) is 3.20. The van der Waals surface area contributed by atoms with Crippen LogP contribution in [-0.4, -0.2) is 22.4 Å². The highest BCUT2D eigenvalue weighted by atomic mass is 32.2. The summed E-state index contributed by atoms with van der Waals surface area (Å²) < 4.78 is 12.5. The van der Waals surface area contributed by atoms with E-state index in [4.69, 9.17) is 0 Å². The van der Waals surface area contributed by atoms with E-state index in [0.29, 0.717) is 5.69 Å². The summed E-state index contributed by atoms with van der Waals surface area (Å²) in [6, 6.07) is 2.75. The third kappa shape index (κ3) is 2.68. The summed E-state index contributed by atoms with van der Waals surface area (Å²) in [5.41, 5.74) is 0.554. The van der Waals surface area contributed by atoms with Crippen LogP contribution in [0, 0.1) is 11.9 Å². The summed E-state index contributed by atoms with van der Waals surface area (Å²) in [4.78, 5) is 15.1. The van der Waals surface area contributed by atoms with E-state index in [1.165, 1.54) is 18.3 Å². The fraction of sp³-hybridized carbons (Fsp3) is 0.400. The number of carbonyl (C=O) groups is 1. The molecule has 1 aromatic heterocycles. The molecule has 3 nitrogen and oxygen atoms in total. The van der Waals surface area contributed by atoms with Gasteiger partial charge in [-0.2, -0.15) is 16.2 Å². The van der Waals surface area contributed by atoms with Gasteiger partial charge in [0.1, 0.15) is 0 Å². The lowest BCUT2D eigenvalue weighted by atomic mass is 10.1. The van der Waals surface area contributed by atoms with Crippen molar-refractivity contribution >= 4 is 23.4 Å². The minimum Gasteiger partial charge on any atom is -0.324 e. The Bertz CT molecular complexity index is 349. The van der Waals surface area contributed by atoms with E-state index >= 15 is 0 Å². The van der Waals surface area contributed by atoms with Crippen molar-refractivity contribution in [1.29, 1.82) is 0 Å². The average molecular weight is 226 g/mol. The summed E-state index contributed by atoms with van der Waals surface area (Å²) >= 11 is 1.79. The molecule has 0 spiro atoms. The van der Waals surface area contributed by atoms with Gasteiger partial charge in [0.25, 0.3) is 0 Å². The molecule has 0 bridgehead atoms. The summed E-state index contributed by atoms with van der Waals surface area (Å²) in [7, 11) is 0. The number of anilines is 1. The van der Waals surface area contributed by atoms with Crippen molar-refractivity contribution in [3.05, 3.63) is 24.3 Å². The highest BCUT2D eigenvalue weighted by molar-refractivity contribution is 7.99. The molecule has 1 aliphatic heterocycles. The summed E-state index contributed by atoms with van der Waals surface area (Å²) in [5.74, 6) is 1.47. The van der Waals surface area contributed by atoms with Crippen LogP contribution in [0.5, 0.6) is 0 Å². The number of halogens is 1. The minimum atomic E-state index is -0.538. The first-order valence-electron chi connectivity index (χ1n) is 4.76. The maximum atomic E-state index is 12.5. The molecule has 15 heavy (non-hydrogen) atoms. The molecule has 1 atom stereocenters. The second-order valence-corrected chi connectivity index (χ2v) is 4.57. The molecule has 0 radical (unpaired) electrons. The van der Waals surface area contributed by atoms with E-state index in [1.54, 1.807) is 11.8 Å². The monoisotopic (exact) mass is 226 g/mol. The molecule has 0 saturated carbocycles. The maximum Gasteiger partial charge on any atom is 0.228 e. The van der Waals surface area contributed by atoms with Gasteiger partial charge in [0.15, 0.2) is 0 Å². The normalized spacial score (nSPS) is 20.2. The van der Waals surface area contributed by atoms with Crippen molar-refractivity contribution in [3.63, 3.8) is 0 Å². The van der Waals surface area contributed by atoms with Crippen molar-refractivity contribution < 1.29 is 9.18 Å². The third-order valence-electron chi connectivity index (χ3n) is 2.30. The van der Waals surface area contributed by atoms with Gasteiger partial charge in [0, 0.05) is 11.7 Å². The van der Waals surface area contributed by atoms with E-state index < -0.39 is 5.95 Å². The van der Waals surface area contributed by atoms with Crippen LogP contribution >= 0.6 is 11.8 Å². The third-order valence-corrected chi connectivity index (χ3v) is 3.46. The molecule has 2 rings (SSSR count). The zero-order valence-corrected chi connectivity index (χ0v) is 8.89. The van der Waals surface area contributed by atoms with E-state index in [-0.39, 0.29) is 11.8 Å². The molecule has 0 aromatic carbocycles.